The highest BCUT2D eigenvalue weighted by molar-refractivity contribution is 8.00. The molecule has 1 heterocycles. The van der Waals surface area contributed by atoms with Crippen LogP contribution in [0.2, 0.25) is 0 Å². The van der Waals surface area contributed by atoms with Gasteiger partial charge in [-0.3, -0.25) is 4.79 Å². The van der Waals surface area contributed by atoms with Crippen LogP contribution in [0.15, 0.2) is 29.2 Å². The predicted octanol–water partition coefficient (Wildman–Crippen LogP) is 3.26. The average Bonchev–Trinajstić information content (AvgIpc) is 2.48. The third kappa shape index (κ3) is 4.48. The molecule has 0 saturated carbocycles. The molecule has 0 aromatic heterocycles. The molecular formula is C17H26N2OS. The van der Waals surface area contributed by atoms with Gasteiger partial charge in [0.25, 0.3) is 5.91 Å². The van der Waals surface area contributed by atoms with Gasteiger partial charge in [0, 0.05) is 23.2 Å². The minimum absolute atomic E-state index is 0.196. The van der Waals surface area contributed by atoms with Crippen LogP contribution in [-0.2, 0) is 0 Å². The van der Waals surface area contributed by atoms with Gasteiger partial charge in [0.1, 0.15) is 0 Å². The second-order valence-corrected chi connectivity index (χ2v) is 7.57. The Kier molecular flexibility index (Phi) is 6.12. The van der Waals surface area contributed by atoms with Gasteiger partial charge in [0.05, 0.1) is 5.56 Å². The van der Waals surface area contributed by atoms with E-state index in [-0.39, 0.29) is 5.91 Å². The van der Waals surface area contributed by atoms with Crippen molar-refractivity contribution >= 4 is 17.7 Å². The fourth-order valence-electron chi connectivity index (χ4n) is 2.80. The zero-order valence-electron chi connectivity index (χ0n) is 13.3. The Hall–Kier alpha value is -1.00. The third-order valence-corrected chi connectivity index (χ3v) is 4.96. The van der Waals surface area contributed by atoms with E-state index >= 15 is 0 Å². The zero-order chi connectivity index (χ0) is 15.2. The first kappa shape index (κ1) is 16.4. The van der Waals surface area contributed by atoms with Crippen molar-refractivity contribution < 1.29 is 4.79 Å². The Morgan fingerprint density at radius 3 is 2.62 bits per heavy atom. The number of carbonyl (C=O) groups excluding carboxylic acids is 1. The maximum Gasteiger partial charge on any atom is 0.254 e. The molecule has 1 aromatic rings. The van der Waals surface area contributed by atoms with E-state index in [0.717, 1.165) is 42.9 Å². The summed E-state index contributed by atoms with van der Waals surface area (Å²) < 4.78 is 0. The first-order valence-electron chi connectivity index (χ1n) is 7.81. The second kappa shape index (κ2) is 7.85. The van der Waals surface area contributed by atoms with Crippen molar-refractivity contribution in [3.63, 3.8) is 0 Å². The van der Waals surface area contributed by atoms with Gasteiger partial charge in [-0.05, 0) is 44.5 Å². The number of nitrogens with zero attached hydrogens (tertiary/aromatic N) is 1. The maximum atomic E-state index is 12.8. The quantitative estimate of drug-likeness (QED) is 0.848. The lowest BCUT2D eigenvalue weighted by Gasteiger charge is -2.32. The molecule has 0 atom stereocenters. The Labute approximate surface area is 132 Å². The van der Waals surface area contributed by atoms with Gasteiger partial charge in [0.15, 0.2) is 0 Å². The highest BCUT2D eigenvalue weighted by Crippen LogP contribution is 2.28. The Morgan fingerprint density at radius 2 is 2.00 bits per heavy atom. The van der Waals surface area contributed by atoms with Crippen LogP contribution in [0.4, 0.5) is 0 Å². The first-order valence-corrected chi connectivity index (χ1v) is 8.69. The largest absolute Gasteiger partial charge is 0.339 e. The number of amides is 1. The van der Waals surface area contributed by atoms with E-state index in [1.807, 2.05) is 30.1 Å². The average molecular weight is 306 g/mol. The van der Waals surface area contributed by atoms with Gasteiger partial charge < -0.3 is 10.2 Å². The molecule has 3 nitrogen and oxygen atoms in total. The SMILES string of the molecule is CNCC1CCN(C(=O)c2ccccc2SC(C)C)CC1. The number of piperidine rings is 1. The summed E-state index contributed by atoms with van der Waals surface area (Å²) in [5.41, 5.74) is 0.864. The van der Waals surface area contributed by atoms with Crippen LogP contribution < -0.4 is 5.32 Å². The number of thioether (sulfide) groups is 1. The monoisotopic (exact) mass is 306 g/mol. The number of hydrogen-bond acceptors (Lipinski definition) is 3. The molecule has 0 spiro atoms. The molecule has 1 fully saturated rings. The lowest BCUT2D eigenvalue weighted by molar-refractivity contribution is 0.0687. The number of hydrogen-bond donors (Lipinski definition) is 1. The fourth-order valence-corrected chi connectivity index (χ4v) is 3.75. The van der Waals surface area contributed by atoms with Gasteiger partial charge in [-0.1, -0.05) is 26.0 Å². The summed E-state index contributed by atoms with van der Waals surface area (Å²) in [6.07, 6.45) is 2.21. The summed E-state index contributed by atoms with van der Waals surface area (Å²) in [6, 6.07) is 8.00. The van der Waals surface area contributed by atoms with E-state index in [0.29, 0.717) is 11.2 Å². The third-order valence-electron chi connectivity index (χ3n) is 3.87. The van der Waals surface area contributed by atoms with E-state index in [1.165, 1.54) is 0 Å². The molecule has 21 heavy (non-hydrogen) atoms. The summed E-state index contributed by atoms with van der Waals surface area (Å²) in [7, 11) is 2.00. The molecule has 0 bridgehead atoms. The van der Waals surface area contributed by atoms with E-state index < -0.39 is 0 Å². The summed E-state index contributed by atoms with van der Waals surface area (Å²) in [5.74, 6) is 0.904. The van der Waals surface area contributed by atoms with Gasteiger partial charge in [-0.2, -0.15) is 0 Å². The molecule has 0 radical (unpaired) electrons. The summed E-state index contributed by atoms with van der Waals surface area (Å²) in [6.45, 7) is 7.14. The number of rotatable bonds is 5. The van der Waals surface area contributed by atoms with E-state index in [9.17, 15) is 4.79 Å². The fraction of sp³-hybridized carbons (Fsp3) is 0.588. The minimum atomic E-state index is 0.196. The molecule has 1 saturated heterocycles. The van der Waals surface area contributed by atoms with Crippen LogP contribution in [0, 0.1) is 5.92 Å². The molecule has 2 rings (SSSR count). The second-order valence-electron chi connectivity index (χ2n) is 5.96. The molecule has 1 N–H and O–H groups in total. The summed E-state index contributed by atoms with van der Waals surface area (Å²) >= 11 is 1.77. The van der Waals surface area contributed by atoms with Crippen LogP contribution in [-0.4, -0.2) is 42.7 Å². The predicted molar refractivity (Wildman–Crippen MR) is 90.0 cm³/mol. The number of benzene rings is 1. The van der Waals surface area contributed by atoms with Crippen molar-refractivity contribution in [2.75, 3.05) is 26.7 Å². The van der Waals surface area contributed by atoms with Crippen LogP contribution in [0.25, 0.3) is 0 Å². The lowest BCUT2D eigenvalue weighted by Crippen LogP contribution is -2.40. The Morgan fingerprint density at radius 1 is 1.33 bits per heavy atom. The molecule has 116 valence electrons. The van der Waals surface area contributed by atoms with Crippen molar-refractivity contribution in [3.05, 3.63) is 29.8 Å². The smallest absolute Gasteiger partial charge is 0.254 e. The summed E-state index contributed by atoms with van der Waals surface area (Å²) in [5, 5.41) is 3.72. The highest BCUT2D eigenvalue weighted by Gasteiger charge is 2.24. The molecule has 1 amide bonds. The molecule has 4 heteroatoms. The van der Waals surface area contributed by atoms with Crippen molar-refractivity contribution in [2.45, 2.75) is 36.8 Å². The normalized spacial score (nSPS) is 16.5. The van der Waals surface area contributed by atoms with Crippen LogP contribution in [0.5, 0.6) is 0 Å². The van der Waals surface area contributed by atoms with Gasteiger partial charge in [-0.25, -0.2) is 0 Å². The molecule has 0 aliphatic carbocycles. The molecule has 1 aliphatic heterocycles. The molecule has 0 unspecified atom stereocenters. The van der Waals surface area contributed by atoms with Gasteiger partial charge in [-0.15, -0.1) is 11.8 Å². The van der Waals surface area contributed by atoms with Crippen LogP contribution in [0.1, 0.15) is 37.0 Å². The number of carbonyl (C=O) groups is 1. The van der Waals surface area contributed by atoms with E-state index in [2.05, 4.69) is 25.2 Å². The molecule has 1 aliphatic rings. The van der Waals surface area contributed by atoms with Crippen molar-refractivity contribution in [2.24, 2.45) is 5.92 Å². The van der Waals surface area contributed by atoms with Crippen molar-refractivity contribution in [1.82, 2.24) is 10.2 Å². The van der Waals surface area contributed by atoms with E-state index in [1.54, 1.807) is 11.8 Å². The standard InChI is InChI=1S/C17H26N2OS/c1-13(2)21-16-7-5-4-6-15(16)17(20)19-10-8-14(9-11-19)12-18-3/h4-7,13-14,18H,8-12H2,1-3H3. The summed E-state index contributed by atoms with van der Waals surface area (Å²) in [4.78, 5) is 15.9. The first-order chi connectivity index (χ1) is 10.1. The van der Waals surface area contributed by atoms with Crippen LogP contribution in [0.3, 0.4) is 0 Å². The Balaban J connectivity index is 2.04. The topological polar surface area (TPSA) is 32.3 Å². The molecule has 1 aromatic carbocycles. The van der Waals surface area contributed by atoms with Crippen LogP contribution >= 0.6 is 11.8 Å². The highest BCUT2D eigenvalue weighted by atomic mass is 32.2. The maximum absolute atomic E-state index is 12.8. The lowest BCUT2D eigenvalue weighted by atomic mass is 9.96. The Bertz CT molecular complexity index is 468. The van der Waals surface area contributed by atoms with Gasteiger partial charge in [0.2, 0.25) is 0 Å². The van der Waals surface area contributed by atoms with E-state index in [4.69, 9.17) is 0 Å². The van der Waals surface area contributed by atoms with Crippen molar-refractivity contribution in [1.29, 1.82) is 0 Å². The minimum Gasteiger partial charge on any atom is -0.339 e. The zero-order valence-corrected chi connectivity index (χ0v) is 14.1. The van der Waals surface area contributed by atoms with Crippen molar-refractivity contribution in [3.8, 4) is 0 Å². The molecular weight excluding hydrogens is 280 g/mol. The van der Waals surface area contributed by atoms with Gasteiger partial charge >= 0.3 is 0 Å². The number of likely N-dealkylation sites (tertiary alicyclic amines) is 1. The number of nitrogens with one attached hydrogen (secondary N) is 1.